The minimum Gasteiger partial charge on any atom is -0.349 e. The molecule has 0 amide bonds. The molecule has 0 aliphatic heterocycles. The maximum atomic E-state index is 12.7. The summed E-state index contributed by atoms with van der Waals surface area (Å²) in [4.78, 5) is 0.372. The fraction of sp³-hybridized carbons (Fsp3) is 0.600. The fourth-order valence-electron chi connectivity index (χ4n) is 2.30. The molecule has 6 heteroatoms. The molecule has 0 bridgehead atoms. The van der Waals surface area contributed by atoms with Gasteiger partial charge >= 0.3 is 0 Å². The summed E-state index contributed by atoms with van der Waals surface area (Å²) >= 11 is 0. The van der Waals surface area contributed by atoms with Gasteiger partial charge in [0.15, 0.2) is 0 Å². The maximum absolute atomic E-state index is 12.7. The molecule has 0 unspecified atom stereocenters. The number of nitrogens with one attached hydrogen (secondary N) is 1. The SMILES string of the molecule is C=CCN(CCC)S(=O)(=O)c1cc(CNC)n(CCC)c1. The van der Waals surface area contributed by atoms with Crippen molar-refractivity contribution in [1.82, 2.24) is 14.2 Å². The van der Waals surface area contributed by atoms with Gasteiger partial charge in [0.05, 0.1) is 0 Å². The van der Waals surface area contributed by atoms with Gasteiger partial charge < -0.3 is 9.88 Å². The lowest BCUT2D eigenvalue weighted by Crippen LogP contribution is -2.31. The van der Waals surface area contributed by atoms with Crippen LogP contribution in [0.5, 0.6) is 0 Å². The van der Waals surface area contributed by atoms with Gasteiger partial charge in [-0.25, -0.2) is 8.42 Å². The Balaban J connectivity index is 3.16. The molecule has 0 saturated heterocycles. The highest BCUT2D eigenvalue weighted by Crippen LogP contribution is 2.20. The van der Waals surface area contributed by atoms with Gasteiger partial charge in [-0.15, -0.1) is 6.58 Å². The van der Waals surface area contributed by atoms with Crippen LogP contribution in [0.4, 0.5) is 0 Å². The van der Waals surface area contributed by atoms with E-state index >= 15 is 0 Å². The molecule has 0 aliphatic rings. The molecule has 0 radical (unpaired) electrons. The van der Waals surface area contributed by atoms with Crippen molar-refractivity contribution in [3.05, 3.63) is 30.6 Å². The zero-order chi connectivity index (χ0) is 15.9. The zero-order valence-corrected chi connectivity index (χ0v) is 14.1. The Hall–Kier alpha value is -1.11. The van der Waals surface area contributed by atoms with Gasteiger partial charge in [-0.05, 0) is 26.0 Å². The van der Waals surface area contributed by atoms with E-state index in [1.54, 1.807) is 18.3 Å². The lowest BCUT2D eigenvalue weighted by molar-refractivity contribution is 0.441. The van der Waals surface area contributed by atoms with E-state index in [1.165, 1.54) is 4.31 Å². The largest absolute Gasteiger partial charge is 0.349 e. The minimum absolute atomic E-state index is 0.344. The Bertz CT molecular complexity index is 526. The molecule has 0 atom stereocenters. The van der Waals surface area contributed by atoms with E-state index in [1.807, 2.05) is 18.5 Å². The van der Waals surface area contributed by atoms with Crippen molar-refractivity contribution in [2.24, 2.45) is 0 Å². The van der Waals surface area contributed by atoms with Crippen LogP contribution in [0, 0.1) is 0 Å². The first-order valence-electron chi connectivity index (χ1n) is 7.45. The lowest BCUT2D eigenvalue weighted by atomic mass is 10.4. The third kappa shape index (κ3) is 4.43. The Morgan fingerprint density at radius 2 is 2.10 bits per heavy atom. The number of hydrogen-bond acceptors (Lipinski definition) is 3. The van der Waals surface area contributed by atoms with E-state index in [2.05, 4.69) is 18.8 Å². The molecule has 0 spiro atoms. The Morgan fingerprint density at radius 1 is 1.38 bits per heavy atom. The molecule has 0 aromatic carbocycles. The number of nitrogens with zero attached hydrogens (tertiary/aromatic N) is 2. The second-order valence-corrected chi connectivity index (χ2v) is 6.98. The first-order chi connectivity index (χ1) is 10.0. The topological polar surface area (TPSA) is 54.3 Å². The molecular formula is C15H27N3O2S. The molecule has 0 aliphatic carbocycles. The summed E-state index contributed by atoms with van der Waals surface area (Å²) in [7, 11) is -1.59. The van der Waals surface area contributed by atoms with Crippen LogP contribution in [0.15, 0.2) is 29.8 Å². The molecule has 5 nitrogen and oxygen atoms in total. The van der Waals surface area contributed by atoms with Crippen LogP contribution >= 0.6 is 0 Å². The third-order valence-electron chi connectivity index (χ3n) is 3.23. The van der Waals surface area contributed by atoms with E-state index in [-0.39, 0.29) is 0 Å². The van der Waals surface area contributed by atoms with Crippen molar-refractivity contribution >= 4 is 10.0 Å². The zero-order valence-electron chi connectivity index (χ0n) is 13.3. The van der Waals surface area contributed by atoms with Crippen molar-refractivity contribution in [3.63, 3.8) is 0 Å². The first kappa shape index (κ1) is 17.9. The highest BCUT2D eigenvalue weighted by Gasteiger charge is 2.25. The molecule has 1 aromatic rings. The van der Waals surface area contributed by atoms with E-state index in [0.29, 0.717) is 24.5 Å². The van der Waals surface area contributed by atoms with Gasteiger partial charge in [-0.1, -0.05) is 19.9 Å². The Kier molecular flexibility index (Phi) is 7.14. The van der Waals surface area contributed by atoms with Crippen LogP contribution < -0.4 is 5.32 Å². The van der Waals surface area contributed by atoms with E-state index in [9.17, 15) is 8.42 Å². The van der Waals surface area contributed by atoms with Crippen molar-refractivity contribution in [1.29, 1.82) is 0 Å². The summed E-state index contributed by atoms with van der Waals surface area (Å²) in [6.45, 7) is 10.0. The number of aryl methyl sites for hydroxylation is 1. The van der Waals surface area contributed by atoms with Gasteiger partial charge in [0, 0.05) is 38.1 Å². The van der Waals surface area contributed by atoms with Gasteiger partial charge in [-0.2, -0.15) is 4.31 Å². The number of sulfonamides is 1. The molecule has 1 N–H and O–H groups in total. The molecule has 1 aromatic heterocycles. The van der Waals surface area contributed by atoms with Gasteiger partial charge in [0.2, 0.25) is 10.0 Å². The average molecular weight is 313 g/mol. The number of rotatable bonds is 10. The van der Waals surface area contributed by atoms with Crippen LogP contribution in [0.3, 0.4) is 0 Å². The quantitative estimate of drug-likeness (QED) is 0.674. The fourth-order valence-corrected chi connectivity index (χ4v) is 3.86. The smallest absolute Gasteiger partial charge is 0.244 e. The van der Waals surface area contributed by atoms with Crippen LogP contribution in [0.2, 0.25) is 0 Å². The summed E-state index contributed by atoms with van der Waals surface area (Å²) in [5.41, 5.74) is 0.993. The second-order valence-electron chi connectivity index (χ2n) is 5.04. The normalized spacial score (nSPS) is 12.0. The molecule has 0 saturated carbocycles. The molecular weight excluding hydrogens is 286 g/mol. The molecule has 0 fully saturated rings. The van der Waals surface area contributed by atoms with Crippen LogP contribution in [0.1, 0.15) is 32.4 Å². The van der Waals surface area contributed by atoms with Crippen molar-refractivity contribution in [2.45, 2.75) is 44.7 Å². The Morgan fingerprint density at radius 3 is 2.62 bits per heavy atom. The average Bonchev–Trinajstić information content (AvgIpc) is 2.83. The van der Waals surface area contributed by atoms with Gasteiger partial charge in [0.25, 0.3) is 0 Å². The second kappa shape index (κ2) is 8.36. The predicted octanol–water partition coefficient (Wildman–Crippen LogP) is 2.20. The van der Waals surface area contributed by atoms with Crippen LogP contribution in [-0.4, -0.2) is 37.4 Å². The molecule has 1 heterocycles. The first-order valence-corrected chi connectivity index (χ1v) is 8.89. The monoisotopic (exact) mass is 313 g/mol. The number of hydrogen-bond donors (Lipinski definition) is 1. The maximum Gasteiger partial charge on any atom is 0.244 e. The predicted molar refractivity (Wildman–Crippen MR) is 86.7 cm³/mol. The summed E-state index contributed by atoms with van der Waals surface area (Å²) in [6.07, 6.45) is 5.13. The summed E-state index contributed by atoms with van der Waals surface area (Å²) < 4.78 is 29.0. The highest BCUT2D eigenvalue weighted by molar-refractivity contribution is 7.89. The van der Waals surface area contributed by atoms with Crippen LogP contribution in [0.25, 0.3) is 0 Å². The van der Waals surface area contributed by atoms with Gasteiger partial charge in [0.1, 0.15) is 4.90 Å². The lowest BCUT2D eigenvalue weighted by Gasteiger charge is -2.19. The molecule has 120 valence electrons. The van der Waals surface area contributed by atoms with Crippen molar-refractivity contribution in [3.8, 4) is 0 Å². The summed E-state index contributed by atoms with van der Waals surface area (Å²) in [5.74, 6) is 0. The van der Waals surface area contributed by atoms with E-state index in [0.717, 1.165) is 25.1 Å². The van der Waals surface area contributed by atoms with Crippen molar-refractivity contribution in [2.75, 3.05) is 20.1 Å². The molecule has 21 heavy (non-hydrogen) atoms. The van der Waals surface area contributed by atoms with E-state index in [4.69, 9.17) is 0 Å². The van der Waals surface area contributed by atoms with Gasteiger partial charge in [-0.3, -0.25) is 0 Å². The highest BCUT2D eigenvalue weighted by atomic mass is 32.2. The van der Waals surface area contributed by atoms with Crippen molar-refractivity contribution < 1.29 is 8.42 Å². The standard InChI is InChI=1S/C15H27N3O2S/c1-5-8-17-13-15(11-14(17)12-16-4)21(19,20)18(9-6-2)10-7-3/h6,11,13,16H,2,5,7-10,12H2,1,3-4H3. The molecule has 1 rings (SSSR count). The van der Waals surface area contributed by atoms with Crippen LogP contribution in [-0.2, 0) is 23.1 Å². The Labute approximate surface area is 128 Å². The number of aromatic nitrogens is 1. The van der Waals surface area contributed by atoms with E-state index < -0.39 is 10.0 Å². The third-order valence-corrected chi connectivity index (χ3v) is 5.06. The summed E-state index contributed by atoms with van der Waals surface area (Å²) in [6, 6.07) is 1.77. The minimum atomic E-state index is -3.45. The summed E-state index contributed by atoms with van der Waals surface area (Å²) in [5, 5.41) is 3.08.